The Morgan fingerprint density at radius 2 is 2.16 bits per heavy atom. The average Bonchev–Trinajstić information content (AvgIpc) is 3.21. The molecule has 1 aromatic heterocycles. The molecule has 0 spiro atoms. The van der Waals surface area contributed by atoms with Crippen molar-refractivity contribution in [2.24, 2.45) is 5.10 Å². The standard InChI is InChI=1S/C15H18FN7OS/c16-10-4-3-7-12(8-10)18-13(24)9-25-15-22-21-14(23(15)17)20-19-11-5-1-2-6-11/h3-4,7-8H,1-2,5-6,9,17H2,(H,18,24)(H,20,21). The Labute approximate surface area is 148 Å². The molecule has 1 saturated carbocycles. The highest BCUT2D eigenvalue weighted by Gasteiger charge is 2.13. The largest absolute Gasteiger partial charge is 0.334 e. The van der Waals surface area contributed by atoms with Crippen molar-refractivity contribution in [3.05, 3.63) is 30.1 Å². The van der Waals surface area contributed by atoms with Crippen molar-refractivity contribution in [3.8, 4) is 0 Å². The third kappa shape index (κ3) is 4.69. The molecule has 1 aliphatic rings. The Hall–Kier alpha value is -2.62. The second-order valence-corrected chi connectivity index (χ2v) is 6.46. The van der Waals surface area contributed by atoms with Gasteiger partial charge in [0.05, 0.1) is 5.75 Å². The van der Waals surface area contributed by atoms with E-state index in [4.69, 9.17) is 5.84 Å². The van der Waals surface area contributed by atoms with E-state index in [1.54, 1.807) is 6.07 Å². The van der Waals surface area contributed by atoms with Crippen LogP contribution in [-0.2, 0) is 4.79 Å². The Morgan fingerprint density at radius 3 is 2.92 bits per heavy atom. The van der Waals surface area contributed by atoms with Crippen LogP contribution in [0.25, 0.3) is 0 Å². The van der Waals surface area contributed by atoms with E-state index in [1.807, 2.05) is 0 Å². The number of nitrogens with one attached hydrogen (secondary N) is 2. The molecule has 25 heavy (non-hydrogen) atoms. The lowest BCUT2D eigenvalue weighted by Gasteiger charge is -2.05. The third-order valence-electron chi connectivity index (χ3n) is 3.60. The smallest absolute Gasteiger partial charge is 0.264 e. The summed E-state index contributed by atoms with van der Waals surface area (Å²) in [6.45, 7) is 0. The van der Waals surface area contributed by atoms with Gasteiger partial charge >= 0.3 is 0 Å². The highest BCUT2D eigenvalue weighted by Crippen LogP contribution is 2.19. The fraction of sp³-hybridized carbons (Fsp3) is 0.333. The molecule has 0 aliphatic heterocycles. The number of carbonyl (C=O) groups excluding carboxylic acids is 1. The van der Waals surface area contributed by atoms with Crippen LogP contribution < -0.4 is 16.6 Å². The summed E-state index contributed by atoms with van der Waals surface area (Å²) in [5, 5.41) is 15.1. The molecule has 1 aliphatic carbocycles. The molecular weight excluding hydrogens is 345 g/mol. The second kappa shape index (κ2) is 7.97. The minimum Gasteiger partial charge on any atom is -0.334 e. The fourth-order valence-electron chi connectivity index (χ4n) is 2.37. The number of hydrazone groups is 1. The van der Waals surface area contributed by atoms with Crippen molar-refractivity contribution < 1.29 is 9.18 Å². The molecule has 0 radical (unpaired) electrons. The van der Waals surface area contributed by atoms with Crippen LogP contribution in [0.15, 0.2) is 34.5 Å². The van der Waals surface area contributed by atoms with Crippen molar-refractivity contribution >= 4 is 35.0 Å². The number of aromatic nitrogens is 3. The van der Waals surface area contributed by atoms with Gasteiger partial charge < -0.3 is 11.2 Å². The molecule has 1 aromatic carbocycles. The van der Waals surface area contributed by atoms with Gasteiger partial charge in [-0.2, -0.15) is 5.10 Å². The molecule has 2 aromatic rings. The number of thioether (sulfide) groups is 1. The van der Waals surface area contributed by atoms with Crippen molar-refractivity contribution in [2.45, 2.75) is 30.8 Å². The zero-order valence-electron chi connectivity index (χ0n) is 13.4. The van der Waals surface area contributed by atoms with Gasteiger partial charge in [0.25, 0.3) is 5.95 Å². The molecule has 0 unspecified atom stereocenters. The van der Waals surface area contributed by atoms with E-state index >= 15 is 0 Å². The monoisotopic (exact) mass is 363 g/mol. The average molecular weight is 363 g/mol. The van der Waals surface area contributed by atoms with Gasteiger partial charge in [-0.25, -0.2) is 14.5 Å². The summed E-state index contributed by atoms with van der Waals surface area (Å²) in [4.78, 5) is 11.9. The van der Waals surface area contributed by atoms with Crippen LogP contribution in [0, 0.1) is 5.82 Å². The van der Waals surface area contributed by atoms with Gasteiger partial charge in [0.2, 0.25) is 11.1 Å². The molecule has 3 rings (SSSR count). The van der Waals surface area contributed by atoms with Gasteiger partial charge in [-0.15, -0.1) is 10.2 Å². The molecular formula is C15H18FN7OS. The van der Waals surface area contributed by atoms with Crippen LogP contribution in [0.5, 0.6) is 0 Å². The third-order valence-corrected chi connectivity index (χ3v) is 4.54. The lowest BCUT2D eigenvalue weighted by molar-refractivity contribution is -0.113. The SMILES string of the molecule is Nn1c(NN=C2CCCC2)nnc1SCC(=O)Nc1cccc(F)c1. The summed E-state index contributed by atoms with van der Waals surface area (Å²) in [5.41, 5.74) is 4.29. The number of nitrogens with two attached hydrogens (primary N) is 1. The lowest BCUT2D eigenvalue weighted by atomic mass is 10.3. The number of benzene rings is 1. The molecule has 10 heteroatoms. The van der Waals surface area contributed by atoms with Crippen molar-refractivity contribution in [3.63, 3.8) is 0 Å². The molecule has 1 fully saturated rings. The number of anilines is 2. The molecule has 1 amide bonds. The lowest BCUT2D eigenvalue weighted by Crippen LogP contribution is -2.17. The molecule has 1 heterocycles. The van der Waals surface area contributed by atoms with Gasteiger partial charge in [-0.1, -0.05) is 17.8 Å². The van der Waals surface area contributed by atoms with Crippen LogP contribution >= 0.6 is 11.8 Å². The number of hydrogen-bond donors (Lipinski definition) is 3. The summed E-state index contributed by atoms with van der Waals surface area (Å²) in [7, 11) is 0. The quantitative estimate of drug-likeness (QED) is 0.412. The predicted molar refractivity (Wildman–Crippen MR) is 95.5 cm³/mol. The molecule has 0 atom stereocenters. The summed E-state index contributed by atoms with van der Waals surface area (Å²) in [6, 6.07) is 5.70. The first-order chi connectivity index (χ1) is 12.1. The molecule has 4 N–H and O–H groups in total. The van der Waals surface area contributed by atoms with E-state index in [0.717, 1.165) is 43.2 Å². The van der Waals surface area contributed by atoms with Crippen LogP contribution in [0.4, 0.5) is 16.0 Å². The number of nitrogens with zero attached hydrogens (tertiary/aromatic N) is 4. The number of halogens is 1. The van der Waals surface area contributed by atoms with Gasteiger partial charge in [0.1, 0.15) is 5.82 Å². The van der Waals surface area contributed by atoms with Gasteiger partial charge in [0.15, 0.2) is 0 Å². The zero-order chi connectivity index (χ0) is 17.6. The van der Waals surface area contributed by atoms with E-state index in [2.05, 4.69) is 26.0 Å². The number of hydrogen-bond acceptors (Lipinski definition) is 7. The Morgan fingerprint density at radius 1 is 1.36 bits per heavy atom. The molecule has 132 valence electrons. The van der Waals surface area contributed by atoms with E-state index in [0.29, 0.717) is 16.8 Å². The first kappa shape index (κ1) is 17.2. The summed E-state index contributed by atoms with van der Waals surface area (Å²) in [5.74, 6) is 5.58. The first-order valence-electron chi connectivity index (χ1n) is 7.82. The number of nitrogen functional groups attached to an aromatic ring is 1. The Kier molecular flexibility index (Phi) is 5.49. The van der Waals surface area contributed by atoms with Gasteiger partial charge in [0, 0.05) is 11.4 Å². The van der Waals surface area contributed by atoms with Crippen LogP contribution in [0.1, 0.15) is 25.7 Å². The number of carbonyl (C=O) groups is 1. The summed E-state index contributed by atoms with van der Waals surface area (Å²) in [6.07, 6.45) is 4.26. The minimum absolute atomic E-state index is 0.0698. The Balaban J connectivity index is 1.52. The Bertz CT molecular complexity index is 784. The maximum Gasteiger partial charge on any atom is 0.264 e. The maximum atomic E-state index is 13.1. The number of amides is 1. The molecule has 0 saturated heterocycles. The van der Waals surface area contributed by atoms with E-state index in [1.165, 1.54) is 22.9 Å². The normalized spacial score (nSPS) is 13.7. The van der Waals surface area contributed by atoms with Crippen LogP contribution in [0.3, 0.4) is 0 Å². The zero-order valence-corrected chi connectivity index (χ0v) is 14.2. The van der Waals surface area contributed by atoms with Crippen LogP contribution in [-0.4, -0.2) is 32.2 Å². The summed E-state index contributed by atoms with van der Waals surface area (Å²) < 4.78 is 14.3. The molecule has 8 nitrogen and oxygen atoms in total. The fourth-order valence-corrected chi connectivity index (χ4v) is 3.03. The molecule has 0 bridgehead atoms. The van der Waals surface area contributed by atoms with Crippen molar-refractivity contribution in [1.29, 1.82) is 0 Å². The topological polar surface area (TPSA) is 110 Å². The highest BCUT2D eigenvalue weighted by atomic mass is 32.2. The van der Waals surface area contributed by atoms with E-state index < -0.39 is 5.82 Å². The summed E-state index contributed by atoms with van der Waals surface area (Å²) >= 11 is 1.13. The number of rotatable bonds is 6. The van der Waals surface area contributed by atoms with E-state index in [9.17, 15) is 9.18 Å². The second-order valence-electron chi connectivity index (χ2n) is 5.52. The minimum atomic E-state index is -0.410. The van der Waals surface area contributed by atoms with Gasteiger partial charge in [-0.05, 0) is 43.9 Å². The first-order valence-corrected chi connectivity index (χ1v) is 8.80. The highest BCUT2D eigenvalue weighted by molar-refractivity contribution is 7.99. The predicted octanol–water partition coefficient (Wildman–Crippen LogP) is 2.20. The van der Waals surface area contributed by atoms with E-state index in [-0.39, 0.29) is 11.7 Å². The van der Waals surface area contributed by atoms with Crippen molar-refractivity contribution in [1.82, 2.24) is 14.9 Å². The van der Waals surface area contributed by atoms with Crippen molar-refractivity contribution in [2.75, 3.05) is 22.3 Å². The van der Waals surface area contributed by atoms with Gasteiger partial charge in [-0.3, -0.25) is 4.79 Å². The maximum absolute atomic E-state index is 13.1. The van der Waals surface area contributed by atoms with Crippen LogP contribution in [0.2, 0.25) is 0 Å².